The van der Waals surface area contributed by atoms with Crippen molar-refractivity contribution >= 4 is 153 Å². The van der Waals surface area contributed by atoms with Crippen LogP contribution < -0.4 is 63.8 Å². The Labute approximate surface area is 730 Å². The molecule has 120 heavy (non-hydrogen) atoms. The number of carboxylic acid groups (broad SMARTS) is 2. The van der Waals surface area contributed by atoms with Crippen molar-refractivity contribution in [1.82, 2.24) is 47.9 Å². The molecule has 0 aliphatic heterocycles. The second-order valence-electron chi connectivity index (χ2n) is 33.0. The molecular weight excluding hydrogens is 1790 g/mol. The van der Waals surface area contributed by atoms with E-state index >= 15 is 0 Å². The van der Waals surface area contributed by atoms with Gasteiger partial charge in [-0.15, -0.1) is 0 Å². The first-order valence-corrected chi connectivity index (χ1v) is 40.9. The lowest BCUT2D eigenvalue weighted by atomic mass is 9.84. The van der Waals surface area contributed by atoms with Gasteiger partial charge in [-0.3, -0.25) is 14.4 Å². The molecule has 12 amide bonds. The number of unbranched alkanes of at least 4 members (excludes halogenated alkanes) is 4. The van der Waals surface area contributed by atoms with Gasteiger partial charge in [0.15, 0.2) is 0 Å². The molecule has 0 saturated carbocycles. The van der Waals surface area contributed by atoms with Crippen LogP contribution >= 0.6 is 45.2 Å². The number of hydrogen-bond donors (Lipinski definition) is 14. The van der Waals surface area contributed by atoms with Crippen molar-refractivity contribution in [2.45, 2.75) is 280 Å². The number of hydrogen-bond acceptors (Lipinski definition) is 22. The predicted molar refractivity (Wildman–Crippen MR) is 461 cm³/mol. The summed E-state index contributed by atoms with van der Waals surface area (Å²) in [5.74, 6) is -4.55. The molecule has 3 aromatic carbocycles. The first-order chi connectivity index (χ1) is 55.5. The highest BCUT2D eigenvalue weighted by atomic mass is 125. The summed E-state index contributed by atoms with van der Waals surface area (Å²) in [6, 6.07) is 16.3. The van der Waals surface area contributed by atoms with Crippen LogP contribution in [0, 0.1) is 24.9 Å². The Morgan fingerprint density at radius 1 is 0.342 bits per heavy atom. The van der Waals surface area contributed by atoms with Crippen molar-refractivity contribution in [1.29, 1.82) is 0 Å². The van der Waals surface area contributed by atoms with Crippen LogP contribution in [0.15, 0.2) is 72.8 Å². The number of amides is 12. The van der Waals surface area contributed by atoms with Gasteiger partial charge in [0, 0.05) is 81.7 Å². The largest absolute Gasteiger partial charge is 0.481 e. The highest BCUT2D eigenvalue weighted by Gasteiger charge is 2.34. The van der Waals surface area contributed by atoms with Crippen LogP contribution in [0.1, 0.15) is 227 Å². The van der Waals surface area contributed by atoms with E-state index in [0.29, 0.717) is 51.1 Å². The molecule has 14 N–H and O–H groups in total. The van der Waals surface area contributed by atoms with Gasteiger partial charge >= 0.3 is 90.5 Å². The summed E-state index contributed by atoms with van der Waals surface area (Å²) in [6.07, 6.45) is 6.69. The van der Waals surface area contributed by atoms with Gasteiger partial charge in [0.05, 0.1) is 0 Å². The molecule has 0 aliphatic carbocycles. The zero-order valence-electron chi connectivity index (χ0n) is 72.4. The lowest BCUT2D eigenvalue weighted by Gasteiger charge is -2.32. The van der Waals surface area contributed by atoms with Gasteiger partial charge in [0.1, 0.15) is 40.5 Å². The molecule has 0 spiro atoms. The summed E-state index contributed by atoms with van der Waals surface area (Å²) in [4.78, 5) is 194. The van der Waals surface area contributed by atoms with Crippen molar-refractivity contribution in [2.24, 2.45) is 10.8 Å². The first-order valence-electron chi connectivity index (χ1n) is 38.7. The Morgan fingerprint density at radius 3 is 0.883 bits per heavy atom. The topological polar surface area (TPSA) is 529 Å². The van der Waals surface area contributed by atoms with Gasteiger partial charge in [-0.2, -0.15) is 28.8 Å². The number of carboxylic acids is 2. The minimum Gasteiger partial charge on any atom is -0.481 e. The minimum atomic E-state index is -1.28. The summed E-state index contributed by atoms with van der Waals surface area (Å²) in [6.45, 7) is 37.0. The third-order valence-corrected chi connectivity index (χ3v) is 16.8. The zero-order chi connectivity index (χ0) is 92.6. The van der Waals surface area contributed by atoms with E-state index in [0.717, 1.165) is 62.6 Å². The van der Waals surface area contributed by atoms with E-state index < -0.39 is 94.4 Å². The predicted octanol–water partition coefficient (Wildman–Crippen LogP) is 12.4. The fourth-order valence-corrected chi connectivity index (χ4v) is 10.6. The third kappa shape index (κ3) is 65.6. The lowest BCUT2D eigenvalue weighted by molar-refractivity contribution is -0.193. The van der Waals surface area contributed by atoms with Crippen molar-refractivity contribution in [3.63, 3.8) is 0 Å². The third-order valence-electron chi connectivity index (χ3n) is 15.4. The number of nitrogens with one attached hydrogen (secondary N) is 12. The Hall–Kier alpha value is -10.3. The SMILES string of the molecule is CC(C)(C)OC(=O)CC[C@H](NC(=O)N[C@@H](CCCCNC(=O)Nc1ccc([125I])cc1)C(C)(C)C)C(=O)OC(C)(C)C.Cc1ccc(NC(=O)NCCCC[C@H](NC(=O)N[C@@H](CCC(=O)OC(C)(C)C)C(=O)OC(C)(C)C)C(C)(C)C)cc1.O=C(O)CC[C@H](NC(=O)NCCCCCNC(=O)Nc1ccc([125I])cc1)C(=O)O.O=C=O.O=C=O.O=C=O. The number of carbonyl (C=O) groups is 12. The van der Waals surface area contributed by atoms with Gasteiger partial charge in [-0.25, -0.2) is 43.2 Å². The van der Waals surface area contributed by atoms with E-state index in [1.54, 1.807) is 83.1 Å². The Bertz CT molecular complexity index is 3540. The molecule has 3 aromatic rings. The molecule has 0 unspecified atom stereocenters. The van der Waals surface area contributed by atoms with Crippen LogP contribution in [0.2, 0.25) is 0 Å². The van der Waals surface area contributed by atoms with Crippen LogP contribution in [0.5, 0.6) is 0 Å². The van der Waals surface area contributed by atoms with Crippen molar-refractivity contribution in [2.75, 3.05) is 42.1 Å². The molecule has 0 aliphatic rings. The smallest absolute Gasteiger partial charge is 0.373 e. The highest BCUT2D eigenvalue weighted by Crippen LogP contribution is 2.26. The van der Waals surface area contributed by atoms with Crippen LogP contribution in [-0.4, -0.2) is 179 Å². The molecular formula is C82H126I2N12O24. The molecule has 0 radical (unpaired) electrons. The quantitative estimate of drug-likeness (QED) is 0.0111. The molecule has 0 heterocycles. The Kier molecular flexibility index (Phi) is 57.1. The molecule has 0 aromatic heterocycles. The number of benzene rings is 3. The van der Waals surface area contributed by atoms with E-state index in [4.69, 9.17) is 57.9 Å². The van der Waals surface area contributed by atoms with E-state index in [2.05, 4.69) is 109 Å². The van der Waals surface area contributed by atoms with Crippen molar-refractivity contribution in [3.05, 3.63) is 85.5 Å². The number of halogens is 2. The monoisotopic (exact) mass is 1910 g/mol. The lowest BCUT2D eigenvalue weighted by Crippen LogP contribution is -2.53. The van der Waals surface area contributed by atoms with Crippen LogP contribution in [-0.2, 0) is 76.5 Å². The second kappa shape index (κ2) is 60.2. The van der Waals surface area contributed by atoms with Crippen LogP contribution in [0.4, 0.5) is 45.8 Å². The van der Waals surface area contributed by atoms with Crippen molar-refractivity contribution < 1.29 is 115 Å². The second-order valence-corrected chi connectivity index (χ2v) is 35.5. The summed E-state index contributed by atoms with van der Waals surface area (Å²) < 4.78 is 23.8. The van der Waals surface area contributed by atoms with E-state index in [1.165, 1.54) is 0 Å². The zero-order valence-corrected chi connectivity index (χ0v) is 76.7. The number of aliphatic carboxylic acids is 2. The fraction of sp³-hybridized carbons (Fsp3) is 0.598. The molecule has 5 atom stereocenters. The molecule has 0 fully saturated rings. The van der Waals surface area contributed by atoms with Gasteiger partial charge in [0.2, 0.25) is 0 Å². The maximum Gasteiger partial charge on any atom is 0.373 e. The fourth-order valence-electron chi connectivity index (χ4n) is 9.86. The molecule has 0 saturated heterocycles. The van der Waals surface area contributed by atoms with Gasteiger partial charge < -0.3 is 93.0 Å². The highest BCUT2D eigenvalue weighted by molar-refractivity contribution is 14.1. The maximum atomic E-state index is 13.0. The van der Waals surface area contributed by atoms with Gasteiger partial charge in [-0.1, -0.05) is 59.2 Å². The maximum absolute atomic E-state index is 13.0. The number of urea groups is 6. The molecule has 672 valence electrons. The normalized spacial score (nSPS) is 12.1. The number of esters is 4. The minimum absolute atomic E-state index is 0.0470. The molecule has 36 nitrogen and oxygen atoms in total. The number of rotatable bonds is 36. The van der Waals surface area contributed by atoms with Crippen LogP contribution in [0.25, 0.3) is 0 Å². The van der Waals surface area contributed by atoms with E-state index in [-0.39, 0.29) is 98.0 Å². The van der Waals surface area contributed by atoms with Crippen molar-refractivity contribution in [3.8, 4) is 0 Å². The first kappa shape index (κ1) is 114. The Balaban J connectivity index is -0.00000165. The van der Waals surface area contributed by atoms with E-state index in [9.17, 15) is 57.5 Å². The number of carbonyl (C=O) groups excluding carboxylic acids is 16. The summed E-state index contributed by atoms with van der Waals surface area (Å²) >= 11 is 4.39. The number of anilines is 3. The average Bonchev–Trinajstić information content (AvgIpc) is 0.862. The summed E-state index contributed by atoms with van der Waals surface area (Å²) in [5, 5.41) is 50.5. The molecule has 38 heteroatoms. The average molecular weight is 1910 g/mol. The van der Waals surface area contributed by atoms with Crippen LogP contribution in [0.3, 0.4) is 0 Å². The molecule has 0 bridgehead atoms. The Morgan fingerprint density at radius 2 is 0.608 bits per heavy atom. The summed E-state index contributed by atoms with van der Waals surface area (Å²) in [5.41, 5.74) is -0.0393. The summed E-state index contributed by atoms with van der Waals surface area (Å²) in [7, 11) is 0. The number of ether oxygens (including phenoxy) is 4. The van der Waals surface area contributed by atoms with Gasteiger partial charge in [0.25, 0.3) is 0 Å². The molecule has 3 rings (SSSR count). The standard InChI is InChI=1S/C31H52N4O6.C30H49IN4O6.C18H25IN4O6.3CO2/c1-21-14-16-22(17-15-21)33-27(38)32-20-12-11-13-24(29(2,3)4)35-28(39)34-23(26(37)41-31(8,9)10)18-19-25(36)40-30(5,6)7;1-28(2,3)23(12-10-11-19-32-26(38)33-21-15-13-20(31)14-16-21)35-27(39)34-22(25(37)41-30(7,8)9)17-18-24(36)40-29(4,5)6;19-12-4-6-13(7-5-12)22-17(28)20-10-2-1-3-11-21-18(29)23-14(16(26)27)8-9-15(24)25;3*2-1-3/h14-17,23-24H,11-13,18-20H2,1-10H3,(H2,32,33,38)(H2,34,35,39);13-16,22-23H,10-12,17-19H2,1-9H3,(H2,32,33,38)(H2,34,35,39);4-7,14H,1-3,8-11H2,(H,24,25)(H,26,27)(H2,20,22,28)(H2,21,23,29);;;/t23-,24-;22-,23-;14-;;;/m000.../s1/i;31-2;19-2;;;. The number of aryl methyl sites for hydroxylation is 1. The van der Waals surface area contributed by atoms with Gasteiger partial charge in [-0.05, 0) is 284 Å². The van der Waals surface area contributed by atoms with E-state index in [1.807, 2.05) is 121 Å².